The largest absolute Gasteiger partial charge is 0.493 e. The van der Waals surface area contributed by atoms with Crippen molar-refractivity contribution < 1.29 is 19.1 Å². The first-order valence-electron chi connectivity index (χ1n) is 10.3. The van der Waals surface area contributed by atoms with Gasteiger partial charge in [-0.1, -0.05) is 35.9 Å². The van der Waals surface area contributed by atoms with Crippen molar-refractivity contribution >= 4 is 39.8 Å². The minimum Gasteiger partial charge on any atom is -0.493 e. The molecule has 3 rings (SSSR count). The Morgan fingerprint density at radius 1 is 1.09 bits per heavy atom. The van der Waals surface area contributed by atoms with Gasteiger partial charge in [0.1, 0.15) is 16.3 Å². The van der Waals surface area contributed by atoms with Crippen LogP contribution in [0.15, 0.2) is 42.5 Å². The molecule has 5 nitrogen and oxygen atoms in total. The number of rotatable bonds is 8. The highest BCUT2D eigenvalue weighted by Crippen LogP contribution is 2.41. The molecule has 2 aromatic carbocycles. The summed E-state index contributed by atoms with van der Waals surface area (Å²) in [6, 6.07) is 13.3. The van der Waals surface area contributed by atoms with Crippen molar-refractivity contribution in [1.29, 1.82) is 0 Å². The predicted molar refractivity (Wildman–Crippen MR) is 130 cm³/mol. The minimum absolute atomic E-state index is 0.182. The Morgan fingerprint density at radius 3 is 2.59 bits per heavy atom. The molecule has 0 spiro atoms. The van der Waals surface area contributed by atoms with E-state index in [-0.39, 0.29) is 12.3 Å². The van der Waals surface area contributed by atoms with Crippen LogP contribution in [0.5, 0.6) is 5.75 Å². The monoisotopic (exact) mass is 471 g/mol. The lowest BCUT2D eigenvalue weighted by atomic mass is 10.0. The van der Waals surface area contributed by atoms with Crippen LogP contribution in [0.3, 0.4) is 0 Å². The predicted octanol–water partition coefficient (Wildman–Crippen LogP) is 6.58. The molecule has 0 aliphatic heterocycles. The number of anilines is 1. The molecule has 1 heterocycles. The summed E-state index contributed by atoms with van der Waals surface area (Å²) in [5.74, 6) is 0.148. The number of thiophene rings is 1. The van der Waals surface area contributed by atoms with Crippen LogP contribution < -0.4 is 10.1 Å². The summed E-state index contributed by atoms with van der Waals surface area (Å²) in [4.78, 5) is 26.0. The second-order valence-corrected chi connectivity index (χ2v) is 9.17. The Balaban J connectivity index is 1.70. The van der Waals surface area contributed by atoms with Gasteiger partial charge in [-0.15, -0.1) is 11.3 Å². The number of benzene rings is 2. The number of nitrogens with one attached hydrogen (secondary N) is 1. The molecular weight excluding hydrogens is 446 g/mol. The Morgan fingerprint density at radius 2 is 1.88 bits per heavy atom. The number of carbonyl (C=O) groups excluding carboxylic acids is 2. The molecule has 7 heteroatoms. The van der Waals surface area contributed by atoms with E-state index in [4.69, 9.17) is 21.1 Å². The van der Waals surface area contributed by atoms with E-state index < -0.39 is 5.97 Å². The highest BCUT2D eigenvalue weighted by atomic mass is 35.5. The van der Waals surface area contributed by atoms with Gasteiger partial charge in [0.25, 0.3) is 0 Å². The van der Waals surface area contributed by atoms with Crippen LogP contribution in [-0.2, 0) is 9.53 Å². The van der Waals surface area contributed by atoms with E-state index in [1.54, 1.807) is 12.1 Å². The SMILES string of the molecule is COC(=O)c1c(NC(=O)CCCOc2cc(C)ccc2C)sc(C)c1-c1cccc(Cl)c1. The van der Waals surface area contributed by atoms with Crippen LogP contribution in [0, 0.1) is 20.8 Å². The van der Waals surface area contributed by atoms with Gasteiger partial charge in [0.15, 0.2) is 0 Å². The average Bonchev–Trinajstić information content (AvgIpc) is 3.08. The molecule has 1 aromatic heterocycles. The fourth-order valence-corrected chi connectivity index (χ4v) is 4.66. The maximum absolute atomic E-state index is 12.6. The van der Waals surface area contributed by atoms with E-state index in [2.05, 4.69) is 5.32 Å². The van der Waals surface area contributed by atoms with Gasteiger partial charge >= 0.3 is 5.97 Å². The summed E-state index contributed by atoms with van der Waals surface area (Å²) in [6.07, 6.45) is 0.827. The number of esters is 1. The Bertz CT molecular complexity index is 1140. The molecule has 0 atom stereocenters. The number of halogens is 1. The topological polar surface area (TPSA) is 64.6 Å². The summed E-state index contributed by atoms with van der Waals surface area (Å²) in [5.41, 5.74) is 4.05. The quantitative estimate of drug-likeness (QED) is 0.297. The van der Waals surface area contributed by atoms with Crippen molar-refractivity contribution in [2.45, 2.75) is 33.6 Å². The smallest absolute Gasteiger partial charge is 0.341 e. The highest BCUT2D eigenvalue weighted by Gasteiger charge is 2.25. The van der Waals surface area contributed by atoms with Gasteiger partial charge in [-0.2, -0.15) is 0 Å². The van der Waals surface area contributed by atoms with Gasteiger partial charge in [-0.05, 0) is 62.1 Å². The molecule has 0 saturated carbocycles. The second-order valence-electron chi connectivity index (χ2n) is 7.51. The van der Waals surface area contributed by atoms with E-state index in [1.807, 2.05) is 51.1 Å². The van der Waals surface area contributed by atoms with Crippen molar-refractivity contribution in [3.05, 3.63) is 69.1 Å². The minimum atomic E-state index is -0.502. The lowest BCUT2D eigenvalue weighted by Gasteiger charge is -2.10. The third-order valence-corrected chi connectivity index (χ3v) is 6.25. The van der Waals surface area contributed by atoms with E-state index in [0.29, 0.717) is 28.6 Å². The maximum atomic E-state index is 12.6. The van der Waals surface area contributed by atoms with Crippen LogP contribution in [0.25, 0.3) is 11.1 Å². The molecule has 0 aliphatic carbocycles. The average molecular weight is 472 g/mol. The Labute approximate surface area is 197 Å². The molecule has 1 amide bonds. The van der Waals surface area contributed by atoms with Crippen LogP contribution in [0.4, 0.5) is 5.00 Å². The first-order valence-corrected chi connectivity index (χ1v) is 11.5. The summed E-state index contributed by atoms with van der Waals surface area (Å²) < 4.78 is 10.8. The summed E-state index contributed by atoms with van der Waals surface area (Å²) in [7, 11) is 1.33. The standard InChI is InChI=1S/C25H26ClNO4S/c1-15-10-11-16(2)20(13-15)31-12-6-9-21(28)27-24-23(25(29)30-4)22(17(3)32-24)18-7-5-8-19(26)14-18/h5,7-8,10-11,13-14H,6,9,12H2,1-4H3,(H,27,28). The second kappa shape index (κ2) is 10.7. The van der Waals surface area contributed by atoms with Crippen molar-refractivity contribution in [2.24, 2.45) is 0 Å². The molecule has 1 N–H and O–H groups in total. The number of methoxy groups -OCH3 is 1. The fraction of sp³-hybridized carbons (Fsp3) is 0.280. The molecular formula is C25H26ClNO4S. The van der Waals surface area contributed by atoms with Gasteiger partial charge in [0.2, 0.25) is 5.91 Å². The van der Waals surface area contributed by atoms with Crippen molar-refractivity contribution in [2.75, 3.05) is 19.0 Å². The number of aryl methyl sites for hydroxylation is 3. The van der Waals surface area contributed by atoms with Crippen LogP contribution in [0.2, 0.25) is 5.02 Å². The number of ether oxygens (including phenoxy) is 2. The summed E-state index contributed by atoms with van der Waals surface area (Å²) in [5, 5.41) is 3.93. The lowest BCUT2D eigenvalue weighted by molar-refractivity contribution is -0.116. The van der Waals surface area contributed by atoms with Gasteiger partial charge in [-0.3, -0.25) is 4.79 Å². The zero-order chi connectivity index (χ0) is 23.3. The van der Waals surface area contributed by atoms with Crippen molar-refractivity contribution in [1.82, 2.24) is 0 Å². The normalized spacial score (nSPS) is 10.7. The van der Waals surface area contributed by atoms with Crippen LogP contribution >= 0.6 is 22.9 Å². The molecule has 168 valence electrons. The van der Waals surface area contributed by atoms with E-state index >= 15 is 0 Å². The van der Waals surface area contributed by atoms with Crippen LogP contribution in [0.1, 0.15) is 39.2 Å². The molecule has 0 radical (unpaired) electrons. The van der Waals surface area contributed by atoms with E-state index in [0.717, 1.165) is 32.9 Å². The van der Waals surface area contributed by atoms with Gasteiger partial charge in [-0.25, -0.2) is 4.79 Å². The zero-order valence-electron chi connectivity index (χ0n) is 18.6. The number of hydrogen-bond acceptors (Lipinski definition) is 5. The number of carbonyl (C=O) groups is 2. The number of amides is 1. The van der Waals surface area contributed by atoms with Gasteiger partial charge < -0.3 is 14.8 Å². The van der Waals surface area contributed by atoms with Crippen LogP contribution in [-0.4, -0.2) is 25.6 Å². The molecule has 32 heavy (non-hydrogen) atoms. The first-order chi connectivity index (χ1) is 15.3. The molecule has 0 saturated heterocycles. The molecule has 0 bridgehead atoms. The number of hydrogen-bond donors (Lipinski definition) is 1. The molecule has 0 fully saturated rings. The molecule has 0 unspecified atom stereocenters. The van der Waals surface area contributed by atoms with Gasteiger partial charge in [0, 0.05) is 21.9 Å². The van der Waals surface area contributed by atoms with Crippen molar-refractivity contribution in [3.8, 4) is 16.9 Å². The Hall–Kier alpha value is -2.83. The zero-order valence-corrected chi connectivity index (χ0v) is 20.2. The Kier molecular flexibility index (Phi) is 7.94. The van der Waals surface area contributed by atoms with E-state index in [9.17, 15) is 9.59 Å². The lowest BCUT2D eigenvalue weighted by Crippen LogP contribution is -2.15. The van der Waals surface area contributed by atoms with E-state index in [1.165, 1.54) is 18.4 Å². The molecule has 3 aromatic rings. The third kappa shape index (κ3) is 5.69. The van der Waals surface area contributed by atoms with Gasteiger partial charge in [0.05, 0.1) is 13.7 Å². The summed E-state index contributed by atoms with van der Waals surface area (Å²) in [6.45, 7) is 6.34. The fourth-order valence-electron chi connectivity index (χ4n) is 3.39. The maximum Gasteiger partial charge on any atom is 0.341 e. The first kappa shape index (κ1) is 23.8. The highest BCUT2D eigenvalue weighted by molar-refractivity contribution is 7.17. The third-order valence-electron chi connectivity index (χ3n) is 4.99. The summed E-state index contributed by atoms with van der Waals surface area (Å²) >= 11 is 7.49. The van der Waals surface area contributed by atoms with Crippen molar-refractivity contribution in [3.63, 3.8) is 0 Å². The molecule has 0 aliphatic rings.